The Kier molecular flexibility index (Phi) is 5.21. The van der Waals surface area contributed by atoms with Crippen LogP contribution in [0.2, 0.25) is 0 Å². The summed E-state index contributed by atoms with van der Waals surface area (Å²) in [5.41, 5.74) is 2.05. The van der Waals surface area contributed by atoms with Crippen LogP contribution in [-0.4, -0.2) is 46.6 Å². The molecule has 122 valence electrons. The van der Waals surface area contributed by atoms with Crippen molar-refractivity contribution in [3.8, 4) is 0 Å². The van der Waals surface area contributed by atoms with Crippen molar-refractivity contribution in [3.05, 3.63) is 17.5 Å². The number of carbonyl (C=O) groups excluding carboxylic acids is 2. The zero-order valence-corrected chi connectivity index (χ0v) is 13.9. The second-order valence-corrected chi connectivity index (χ2v) is 6.19. The number of piperidine rings is 1. The Morgan fingerprint density at radius 1 is 1.36 bits per heavy atom. The summed E-state index contributed by atoms with van der Waals surface area (Å²) in [5, 5.41) is 7.13. The molecule has 2 amide bonds. The van der Waals surface area contributed by atoms with Crippen molar-refractivity contribution in [2.45, 2.75) is 46.1 Å². The first-order valence-electron chi connectivity index (χ1n) is 7.94. The lowest BCUT2D eigenvalue weighted by molar-refractivity contribution is -0.136. The Balaban J connectivity index is 1.88. The molecule has 1 fully saturated rings. The lowest BCUT2D eigenvalue weighted by Gasteiger charge is -2.32. The van der Waals surface area contributed by atoms with Gasteiger partial charge in [0, 0.05) is 38.2 Å². The number of hydrogen-bond donors (Lipinski definition) is 1. The highest BCUT2D eigenvalue weighted by molar-refractivity contribution is 5.80. The van der Waals surface area contributed by atoms with E-state index in [1.165, 1.54) is 0 Å². The molecule has 6 heteroatoms. The first-order chi connectivity index (χ1) is 10.4. The number of aromatic nitrogens is 2. The van der Waals surface area contributed by atoms with Crippen LogP contribution in [-0.2, 0) is 9.59 Å². The summed E-state index contributed by atoms with van der Waals surface area (Å²) in [7, 11) is 1.66. The van der Waals surface area contributed by atoms with Crippen molar-refractivity contribution in [2.24, 2.45) is 5.92 Å². The van der Waals surface area contributed by atoms with Crippen molar-refractivity contribution in [3.63, 3.8) is 0 Å². The van der Waals surface area contributed by atoms with Crippen molar-refractivity contribution >= 4 is 11.8 Å². The van der Waals surface area contributed by atoms with Crippen LogP contribution in [0.1, 0.15) is 43.6 Å². The van der Waals surface area contributed by atoms with Gasteiger partial charge in [-0.2, -0.15) is 5.10 Å². The van der Waals surface area contributed by atoms with Crippen molar-refractivity contribution in [1.29, 1.82) is 0 Å². The van der Waals surface area contributed by atoms with Gasteiger partial charge in [0.05, 0.1) is 11.7 Å². The number of rotatable bonds is 4. The molecule has 1 atom stereocenters. The van der Waals surface area contributed by atoms with Gasteiger partial charge in [-0.1, -0.05) is 0 Å². The molecule has 0 saturated carbocycles. The first kappa shape index (κ1) is 16.5. The van der Waals surface area contributed by atoms with Crippen LogP contribution in [0.3, 0.4) is 0 Å². The van der Waals surface area contributed by atoms with Crippen LogP contribution >= 0.6 is 0 Å². The highest BCUT2D eigenvalue weighted by atomic mass is 16.2. The van der Waals surface area contributed by atoms with E-state index >= 15 is 0 Å². The number of nitrogens with zero attached hydrogens (tertiary/aromatic N) is 3. The largest absolute Gasteiger partial charge is 0.359 e. The van der Waals surface area contributed by atoms with E-state index in [0.29, 0.717) is 19.5 Å². The second-order valence-electron chi connectivity index (χ2n) is 6.19. The summed E-state index contributed by atoms with van der Waals surface area (Å²) in [6.45, 7) is 7.33. The number of nitrogens with one attached hydrogen (secondary N) is 1. The fourth-order valence-electron chi connectivity index (χ4n) is 3.16. The highest BCUT2D eigenvalue weighted by Crippen LogP contribution is 2.21. The summed E-state index contributed by atoms with van der Waals surface area (Å²) in [6.07, 6.45) is 1.95. The fraction of sp³-hybridized carbons (Fsp3) is 0.688. The third-order valence-electron chi connectivity index (χ3n) is 4.40. The van der Waals surface area contributed by atoms with Gasteiger partial charge in [-0.05, 0) is 39.7 Å². The Bertz CT molecular complexity index is 544. The van der Waals surface area contributed by atoms with E-state index in [9.17, 15) is 9.59 Å². The Morgan fingerprint density at radius 3 is 2.50 bits per heavy atom. The average molecular weight is 306 g/mol. The van der Waals surface area contributed by atoms with Gasteiger partial charge in [-0.3, -0.25) is 14.3 Å². The average Bonchev–Trinajstić information content (AvgIpc) is 2.85. The summed E-state index contributed by atoms with van der Waals surface area (Å²) in [4.78, 5) is 25.9. The van der Waals surface area contributed by atoms with Gasteiger partial charge in [0.2, 0.25) is 11.8 Å². The van der Waals surface area contributed by atoms with Gasteiger partial charge in [-0.25, -0.2) is 0 Å². The quantitative estimate of drug-likeness (QED) is 0.915. The Morgan fingerprint density at radius 2 is 2.00 bits per heavy atom. The van der Waals surface area contributed by atoms with Gasteiger partial charge in [0.1, 0.15) is 0 Å². The van der Waals surface area contributed by atoms with E-state index in [2.05, 4.69) is 10.4 Å². The van der Waals surface area contributed by atoms with Crippen LogP contribution in [0.4, 0.5) is 0 Å². The highest BCUT2D eigenvalue weighted by Gasteiger charge is 2.27. The number of amides is 2. The molecule has 6 nitrogen and oxygen atoms in total. The topological polar surface area (TPSA) is 67.2 Å². The van der Waals surface area contributed by atoms with Crippen molar-refractivity contribution < 1.29 is 9.59 Å². The lowest BCUT2D eigenvalue weighted by atomic mass is 9.95. The maximum Gasteiger partial charge on any atom is 0.224 e. The van der Waals surface area contributed by atoms with Crippen molar-refractivity contribution in [2.75, 3.05) is 20.1 Å². The molecule has 1 unspecified atom stereocenters. The molecule has 0 aliphatic carbocycles. The summed E-state index contributed by atoms with van der Waals surface area (Å²) >= 11 is 0. The van der Waals surface area contributed by atoms with Crippen LogP contribution in [0.25, 0.3) is 0 Å². The molecule has 22 heavy (non-hydrogen) atoms. The number of likely N-dealkylation sites (tertiary alicyclic amines) is 1. The monoisotopic (exact) mass is 306 g/mol. The zero-order chi connectivity index (χ0) is 16.3. The molecule has 1 aromatic rings. The molecule has 2 heterocycles. The Labute approximate surface area is 131 Å². The zero-order valence-electron chi connectivity index (χ0n) is 13.9. The SMILES string of the molecule is CNC(=O)C1CCN(C(=O)CC(C)n2nc(C)cc2C)CC1. The molecular weight excluding hydrogens is 280 g/mol. The predicted molar refractivity (Wildman–Crippen MR) is 84.4 cm³/mol. The minimum atomic E-state index is 0.0440. The summed E-state index contributed by atoms with van der Waals surface area (Å²) in [6, 6.07) is 2.08. The van der Waals surface area contributed by atoms with Gasteiger partial charge < -0.3 is 10.2 Å². The van der Waals surface area contributed by atoms with E-state index in [4.69, 9.17) is 0 Å². The first-order valence-corrected chi connectivity index (χ1v) is 7.94. The van der Waals surface area contributed by atoms with Crippen LogP contribution in [0, 0.1) is 19.8 Å². The minimum Gasteiger partial charge on any atom is -0.359 e. The van der Waals surface area contributed by atoms with Gasteiger partial charge in [0.25, 0.3) is 0 Å². The number of hydrogen-bond acceptors (Lipinski definition) is 3. The van der Waals surface area contributed by atoms with Gasteiger partial charge >= 0.3 is 0 Å². The molecule has 1 N–H and O–H groups in total. The predicted octanol–water partition coefficient (Wildman–Crippen LogP) is 1.44. The fourth-order valence-corrected chi connectivity index (χ4v) is 3.16. The molecule has 0 aromatic carbocycles. The molecule has 1 saturated heterocycles. The third-order valence-corrected chi connectivity index (χ3v) is 4.40. The minimum absolute atomic E-state index is 0.0440. The Hall–Kier alpha value is -1.85. The van der Waals surface area contributed by atoms with Crippen molar-refractivity contribution in [1.82, 2.24) is 20.0 Å². The molecule has 1 aliphatic rings. The van der Waals surface area contributed by atoms with E-state index < -0.39 is 0 Å². The van der Waals surface area contributed by atoms with E-state index in [0.717, 1.165) is 24.2 Å². The maximum atomic E-state index is 12.4. The summed E-state index contributed by atoms with van der Waals surface area (Å²) < 4.78 is 1.92. The standard InChI is InChI=1S/C16H26N4O2/c1-11-9-12(2)20(18-11)13(3)10-15(21)19-7-5-14(6-8-19)16(22)17-4/h9,13-14H,5-8,10H2,1-4H3,(H,17,22). The van der Waals surface area contributed by atoms with E-state index in [1.807, 2.05) is 36.4 Å². The van der Waals surface area contributed by atoms with Gasteiger partial charge in [-0.15, -0.1) is 0 Å². The maximum absolute atomic E-state index is 12.4. The van der Waals surface area contributed by atoms with E-state index in [-0.39, 0.29) is 23.8 Å². The lowest BCUT2D eigenvalue weighted by Crippen LogP contribution is -2.42. The molecule has 1 aromatic heterocycles. The molecule has 0 radical (unpaired) electrons. The normalized spacial score (nSPS) is 17.4. The summed E-state index contributed by atoms with van der Waals surface area (Å²) in [5.74, 6) is 0.279. The van der Waals surface area contributed by atoms with E-state index in [1.54, 1.807) is 7.05 Å². The number of carbonyl (C=O) groups is 2. The van der Waals surface area contributed by atoms with Crippen LogP contribution in [0.5, 0.6) is 0 Å². The van der Waals surface area contributed by atoms with Crippen LogP contribution < -0.4 is 5.32 Å². The van der Waals surface area contributed by atoms with Crippen LogP contribution in [0.15, 0.2) is 6.07 Å². The number of aryl methyl sites for hydroxylation is 2. The molecule has 0 bridgehead atoms. The molecular formula is C16H26N4O2. The second kappa shape index (κ2) is 6.94. The molecule has 0 spiro atoms. The smallest absolute Gasteiger partial charge is 0.224 e. The third kappa shape index (κ3) is 3.67. The molecule has 2 rings (SSSR count). The molecule has 1 aliphatic heterocycles. The van der Waals surface area contributed by atoms with Gasteiger partial charge in [0.15, 0.2) is 0 Å².